The molecule has 5 heteroatoms. The molecule has 1 aliphatic carbocycles. The largest absolute Gasteiger partial charge is 0.356 e. The Balaban J connectivity index is 0.00000208. The molecule has 1 spiro atoms. The molecule has 2 saturated heterocycles. The summed E-state index contributed by atoms with van der Waals surface area (Å²) < 4.78 is 0. The van der Waals surface area contributed by atoms with Gasteiger partial charge in [-0.25, -0.2) is 0 Å². The van der Waals surface area contributed by atoms with Crippen molar-refractivity contribution < 1.29 is 0 Å². The summed E-state index contributed by atoms with van der Waals surface area (Å²) in [5.74, 6) is 1.94. The van der Waals surface area contributed by atoms with E-state index in [1.54, 1.807) is 0 Å². The summed E-state index contributed by atoms with van der Waals surface area (Å²) in [4.78, 5) is 9.71. The maximum Gasteiger partial charge on any atom is 0.193 e. The Labute approximate surface area is 165 Å². The van der Waals surface area contributed by atoms with Crippen molar-refractivity contribution in [2.75, 3.05) is 46.3 Å². The first-order chi connectivity index (χ1) is 11.2. The van der Waals surface area contributed by atoms with E-state index in [9.17, 15) is 0 Å². The monoisotopic (exact) mass is 448 g/mol. The van der Waals surface area contributed by atoms with Crippen molar-refractivity contribution in [2.45, 2.75) is 58.3 Å². The van der Waals surface area contributed by atoms with E-state index >= 15 is 0 Å². The van der Waals surface area contributed by atoms with E-state index in [2.05, 4.69) is 27.0 Å². The second kappa shape index (κ2) is 9.60. The second-order valence-corrected chi connectivity index (χ2v) is 8.06. The summed E-state index contributed by atoms with van der Waals surface area (Å²) in [6.45, 7) is 9.54. The number of likely N-dealkylation sites (tertiary alicyclic amines) is 2. The van der Waals surface area contributed by atoms with Gasteiger partial charge in [0.25, 0.3) is 0 Å². The zero-order valence-electron chi connectivity index (χ0n) is 15.7. The van der Waals surface area contributed by atoms with E-state index in [-0.39, 0.29) is 24.0 Å². The van der Waals surface area contributed by atoms with Crippen molar-refractivity contribution in [2.24, 2.45) is 16.3 Å². The fourth-order valence-corrected chi connectivity index (χ4v) is 5.00. The molecule has 3 rings (SSSR count). The van der Waals surface area contributed by atoms with E-state index in [1.165, 1.54) is 84.1 Å². The van der Waals surface area contributed by atoms with Crippen LogP contribution in [0.5, 0.6) is 0 Å². The molecule has 2 aliphatic heterocycles. The highest BCUT2D eigenvalue weighted by Crippen LogP contribution is 2.43. The molecule has 1 saturated carbocycles. The molecule has 140 valence electrons. The first-order valence-electron chi connectivity index (χ1n) is 9.93. The molecular weight excluding hydrogens is 411 g/mol. The van der Waals surface area contributed by atoms with Crippen LogP contribution in [0, 0.1) is 11.3 Å². The van der Waals surface area contributed by atoms with E-state index in [1.807, 2.05) is 7.05 Å². The first-order valence-corrected chi connectivity index (χ1v) is 9.93. The van der Waals surface area contributed by atoms with Gasteiger partial charge in [-0.15, -0.1) is 24.0 Å². The van der Waals surface area contributed by atoms with Crippen LogP contribution in [0.15, 0.2) is 4.99 Å². The van der Waals surface area contributed by atoms with Gasteiger partial charge in [-0.1, -0.05) is 26.2 Å². The fraction of sp³-hybridized carbons (Fsp3) is 0.947. The highest BCUT2D eigenvalue weighted by Gasteiger charge is 2.39. The Morgan fingerprint density at radius 2 is 1.92 bits per heavy atom. The molecule has 2 heterocycles. The lowest BCUT2D eigenvalue weighted by atomic mass is 9.73. The van der Waals surface area contributed by atoms with Crippen molar-refractivity contribution in [1.82, 2.24) is 15.1 Å². The number of guanidine groups is 1. The average molecular weight is 448 g/mol. The minimum absolute atomic E-state index is 0. The summed E-state index contributed by atoms with van der Waals surface area (Å²) in [6.07, 6.45) is 11.3. The van der Waals surface area contributed by atoms with Gasteiger partial charge in [0.2, 0.25) is 0 Å². The van der Waals surface area contributed by atoms with Crippen molar-refractivity contribution in [3.05, 3.63) is 0 Å². The zero-order valence-corrected chi connectivity index (χ0v) is 18.1. The third-order valence-corrected chi connectivity index (χ3v) is 6.46. The number of rotatable bonds is 3. The average Bonchev–Trinajstić information content (AvgIpc) is 2.99. The summed E-state index contributed by atoms with van der Waals surface area (Å²) in [7, 11) is 1.95. The molecule has 0 aromatic rings. The Hall–Kier alpha value is -0.0400. The number of hydrogen-bond acceptors (Lipinski definition) is 2. The maximum atomic E-state index is 4.59. The predicted molar refractivity (Wildman–Crippen MR) is 113 cm³/mol. The third kappa shape index (κ3) is 4.99. The van der Waals surface area contributed by atoms with Crippen molar-refractivity contribution in [3.8, 4) is 0 Å². The molecule has 1 N–H and O–H groups in total. The zero-order chi connectivity index (χ0) is 16.1. The van der Waals surface area contributed by atoms with Gasteiger partial charge in [-0.3, -0.25) is 4.99 Å². The molecule has 24 heavy (non-hydrogen) atoms. The number of halogens is 1. The van der Waals surface area contributed by atoms with Crippen molar-refractivity contribution in [1.29, 1.82) is 0 Å². The minimum Gasteiger partial charge on any atom is -0.356 e. The van der Waals surface area contributed by atoms with Crippen LogP contribution in [0.4, 0.5) is 0 Å². The van der Waals surface area contributed by atoms with Gasteiger partial charge in [0.15, 0.2) is 5.96 Å². The van der Waals surface area contributed by atoms with Gasteiger partial charge in [0, 0.05) is 33.2 Å². The third-order valence-electron chi connectivity index (χ3n) is 6.46. The summed E-state index contributed by atoms with van der Waals surface area (Å²) in [6, 6.07) is 0. The lowest BCUT2D eigenvalue weighted by Crippen LogP contribution is -2.46. The van der Waals surface area contributed by atoms with Gasteiger partial charge in [0.05, 0.1) is 0 Å². The molecule has 1 atom stereocenters. The Morgan fingerprint density at radius 3 is 2.62 bits per heavy atom. The van der Waals surface area contributed by atoms with Crippen LogP contribution in [0.25, 0.3) is 0 Å². The summed E-state index contributed by atoms with van der Waals surface area (Å²) in [5.41, 5.74) is 0.611. The van der Waals surface area contributed by atoms with Crippen LogP contribution in [-0.2, 0) is 0 Å². The number of nitrogens with zero attached hydrogens (tertiary/aromatic N) is 3. The van der Waals surface area contributed by atoms with Crippen LogP contribution in [0.3, 0.4) is 0 Å². The summed E-state index contributed by atoms with van der Waals surface area (Å²) >= 11 is 0. The van der Waals surface area contributed by atoms with Crippen molar-refractivity contribution >= 4 is 29.9 Å². The Bertz CT molecular complexity index is 406. The summed E-state index contributed by atoms with van der Waals surface area (Å²) in [5, 5.41) is 3.70. The van der Waals surface area contributed by atoms with E-state index in [4.69, 9.17) is 0 Å². The number of hydrogen-bond donors (Lipinski definition) is 1. The minimum atomic E-state index is 0. The second-order valence-electron chi connectivity index (χ2n) is 8.06. The predicted octanol–water partition coefficient (Wildman–Crippen LogP) is 3.57. The number of piperidine rings is 1. The molecule has 0 aromatic heterocycles. The topological polar surface area (TPSA) is 30.9 Å². The maximum absolute atomic E-state index is 4.59. The molecule has 0 amide bonds. The Kier molecular flexibility index (Phi) is 8.11. The van der Waals surface area contributed by atoms with Crippen molar-refractivity contribution in [3.63, 3.8) is 0 Å². The SMILES string of the molecule is CCN1CCCC(CNC(=NC)N2CCC3(CCCCC3)C2)C1.I. The highest BCUT2D eigenvalue weighted by atomic mass is 127. The number of nitrogens with one attached hydrogen (secondary N) is 1. The van der Waals surface area contributed by atoms with Gasteiger partial charge in [-0.2, -0.15) is 0 Å². The van der Waals surface area contributed by atoms with Crippen LogP contribution >= 0.6 is 24.0 Å². The quantitative estimate of drug-likeness (QED) is 0.407. The molecular formula is C19H37IN4. The van der Waals surface area contributed by atoms with Crippen LogP contribution in [0.1, 0.15) is 58.3 Å². The standard InChI is InChI=1S/C19H36N4.HI/c1-3-22-12-7-8-17(15-22)14-21-18(20-2)23-13-11-19(16-23)9-5-4-6-10-19;/h17H,3-16H2,1-2H3,(H,20,21);1H. The molecule has 3 aliphatic rings. The van der Waals surface area contributed by atoms with Crippen LogP contribution in [0.2, 0.25) is 0 Å². The van der Waals surface area contributed by atoms with E-state index in [0.717, 1.165) is 18.4 Å². The Morgan fingerprint density at radius 1 is 1.12 bits per heavy atom. The molecule has 0 bridgehead atoms. The molecule has 0 aromatic carbocycles. The lowest BCUT2D eigenvalue weighted by molar-refractivity contribution is 0.182. The van der Waals surface area contributed by atoms with Crippen LogP contribution < -0.4 is 5.32 Å². The molecule has 0 radical (unpaired) electrons. The lowest BCUT2D eigenvalue weighted by Gasteiger charge is -2.34. The van der Waals surface area contributed by atoms with Crippen LogP contribution in [-0.4, -0.2) is 62.1 Å². The highest BCUT2D eigenvalue weighted by molar-refractivity contribution is 14.0. The molecule has 1 unspecified atom stereocenters. The van der Waals surface area contributed by atoms with E-state index in [0.29, 0.717) is 5.41 Å². The molecule has 4 nitrogen and oxygen atoms in total. The number of aliphatic imine (C=N–C) groups is 1. The van der Waals surface area contributed by atoms with Gasteiger partial charge < -0.3 is 15.1 Å². The van der Waals surface area contributed by atoms with Gasteiger partial charge >= 0.3 is 0 Å². The fourth-order valence-electron chi connectivity index (χ4n) is 5.00. The molecule has 3 fully saturated rings. The van der Waals surface area contributed by atoms with E-state index < -0.39 is 0 Å². The van der Waals surface area contributed by atoms with Gasteiger partial charge in [0.1, 0.15) is 0 Å². The smallest absolute Gasteiger partial charge is 0.193 e. The first kappa shape index (κ1) is 20.3. The normalized spacial score (nSPS) is 28.0. The van der Waals surface area contributed by atoms with Gasteiger partial charge in [-0.05, 0) is 56.5 Å².